The minimum atomic E-state index is 0. The first-order chi connectivity index (χ1) is 11.8. The van der Waals surface area contributed by atoms with Crippen LogP contribution < -0.4 is 20.1 Å². The lowest BCUT2D eigenvalue weighted by Gasteiger charge is -2.11. The van der Waals surface area contributed by atoms with E-state index in [0.29, 0.717) is 13.3 Å². The Hall–Kier alpha value is -1.55. The van der Waals surface area contributed by atoms with Gasteiger partial charge in [-0.2, -0.15) is 0 Å². The number of aryl methyl sites for hydroxylation is 1. The number of nitrogens with one attached hydrogen (secondary N) is 2. The zero-order chi connectivity index (χ0) is 16.8. The fourth-order valence-corrected chi connectivity index (χ4v) is 3.20. The quantitative estimate of drug-likeness (QED) is 0.383. The van der Waals surface area contributed by atoms with Crippen LogP contribution in [-0.4, -0.2) is 31.3 Å². The molecular formula is C17H23IN4O2S. The predicted octanol–water partition coefficient (Wildman–Crippen LogP) is 2.96. The van der Waals surface area contributed by atoms with Gasteiger partial charge in [0, 0.05) is 24.7 Å². The molecule has 0 unspecified atom stereocenters. The van der Waals surface area contributed by atoms with Gasteiger partial charge >= 0.3 is 0 Å². The highest BCUT2D eigenvalue weighted by Gasteiger charge is 2.13. The molecule has 8 heteroatoms. The van der Waals surface area contributed by atoms with Crippen molar-refractivity contribution >= 4 is 41.3 Å². The maximum absolute atomic E-state index is 5.40. The van der Waals surface area contributed by atoms with Crippen molar-refractivity contribution < 1.29 is 9.47 Å². The topological polar surface area (TPSA) is 67.8 Å². The summed E-state index contributed by atoms with van der Waals surface area (Å²) in [5.41, 5.74) is 1.20. The molecule has 1 aromatic heterocycles. The Kier molecular flexibility index (Phi) is 7.76. The number of hydrogen-bond donors (Lipinski definition) is 2. The van der Waals surface area contributed by atoms with Crippen LogP contribution in [0.25, 0.3) is 0 Å². The van der Waals surface area contributed by atoms with Crippen molar-refractivity contribution in [1.29, 1.82) is 0 Å². The number of ether oxygens (including phenoxy) is 2. The second-order valence-electron chi connectivity index (χ2n) is 5.36. The summed E-state index contributed by atoms with van der Waals surface area (Å²) in [7, 11) is 1.77. The van der Waals surface area contributed by atoms with Gasteiger partial charge in [-0.3, -0.25) is 4.99 Å². The molecule has 2 aromatic rings. The average Bonchev–Trinajstić information content (AvgIpc) is 3.26. The number of thiazole rings is 1. The van der Waals surface area contributed by atoms with Gasteiger partial charge in [0.1, 0.15) is 5.01 Å². The highest BCUT2D eigenvalue weighted by molar-refractivity contribution is 14.0. The Morgan fingerprint density at radius 1 is 1.28 bits per heavy atom. The second-order valence-corrected chi connectivity index (χ2v) is 6.56. The molecule has 2 heterocycles. The number of aliphatic imine (C=N–C) groups is 1. The normalized spacial score (nSPS) is 12.6. The molecule has 6 nitrogen and oxygen atoms in total. The van der Waals surface area contributed by atoms with Crippen LogP contribution in [0.3, 0.4) is 0 Å². The Bertz CT molecular complexity index is 720. The smallest absolute Gasteiger partial charge is 0.231 e. The van der Waals surface area contributed by atoms with E-state index in [-0.39, 0.29) is 24.0 Å². The maximum atomic E-state index is 5.40. The number of guanidine groups is 1. The van der Waals surface area contributed by atoms with Crippen LogP contribution in [-0.2, 0) is 19.4 Å². The summed E-state index contributed by atoms with van der Waals surface area (Å²) in [6, 6.07) is 6.05. The fraction of sp³-hybridized carbons (Fsp3) is 0.412. The standard InChI is InChI=1S/C17H22N4O2S.HI/c1-3-13-9-20-16(24-13)10-21-17(18-2)19-7-6-12-4-5-14-15(8-12)23-11-22-14;/h4-5,8-9H,3,6-7,10-11H2,1-2H3,(H2,18,19,21);1H. The van der Waals surface area contributed by atoms with Crippen molar-refractivity contribution in [1.82, 2.24) is 15.6 Å². The van der Waals surface area contributed by atoms with Crippen LogP contribution in [0.15, 0.2) is 29.4 Å². The van der Waals surface area contributed by atoms with Crippen molar-refractivity contribution in [2.24, 2.45) is 4.99 Å². The largest absolute Gasteiger partial charge is 0.454 e. The molecule has 0 bridgehead atoms. The van der Waals surface area contributed by atoms with E-state index in [0.717, 1.165) is 41.9 Å². The van der Waals surface area contributed by atoms with E-state index in [1.807, 2.05) is 18.3 Å². The molecule has 0 atom stereocenters. The summed E-state index contributed by atoms with van der Waals surface area (Å²) >= 11 is 1.74. The third-order valence-electron chi connectivity index (χ3n) is 3.72. The van der Waals surface area contributed by atoms with Crippen LogP contribution in [0.2, 0.25) is 0 Å². The molecule has 0 spiro atoms. The fourth-order valence-electron chi connectivity index (χ4n) is 2.39. The van der Waals surface area contributed by atoms with E-state index in [1.54, 1.807) is 18.4 Å². The lowest BCUT2D eigenvalue weighted by molar-refractivity contribution is 0.174. The molecule has 136 valence electrons. The molecule has 1 aliphatic rings. The lowest BCUT2D eigenvalue weighted by atomic mass is 10.1. The number of halogens is 1. The molecule has 1 aromatic carbocycles. The Balaban J connectivity index is 0.00000225. The van der Waals surface area contributed by atoms with Gasteiger partial charge in [-0.05, 0) is 30.5 Å². The van der Waals surface area contributed by atoms with E-state index in [9.17, 15) is 0 Å². The minimum Gasteiger partial charge on any atom is -0.454 e. The number of aromatic nitrogens is 1. The zero-order valence-corrected chi connectivity index (χ0v) is 17.5. The minimum absolute atomic E-state index is 0. The summed E-state index contributed by atoms with van der Waals surface area (Å²) in [6.07, 6.45) is 3.85. The number of hydrogen-bond acceptors (Lipinski definition) is 5. The van der Waals surface area contributed by atoms with E-state index in [1.165, 1.54) is 10.4 Å². The first-order valence-corrected chi connectivity index (χ1v) is 8.86. The molecule has 0 aliphatic carbocycles. The highest BCUT2D eigenvalue weighted by Crippen LogP contribution is 2.32. The van der Waals surface area contributed by atoms with E-state index in [2.05, 4.69) is 33.6 Å². The van der Waals surface area contributed by atoms with Crippen LogP contribution in [0.4, 0.5) is 0 Å². The summed E-state index contributed by atoms with van der Waals surface area (Å²) in [4.78, 5) is 9.95. The van der Waals surface area contributed by atoms with E-state index in [4.69, 9.17) is 9.47 Å². The molecule has 0 fully saturated rings. The van der Waals surface area contributed by atoms with Gasteiger partial charge < -0.3 is 20.1 Å². The first-order valence-electron chi connectivity index (χ1n) is 8.05. The van der Waals surface area contributed by atoms with Gasteiger partial charge in [-0.15, -0.1) is 35.3 Å². The maximum Gasteiger partial charge on any atom is 0.231 e. The van der Waals surface area contributed by atoms with Crippen molar-refractivity contribution in [3.05, 3.63) is 39.8 Å². The predicted molar refractivity (Wildman–Crippen MR) is 111 cm³/mol. The van der Waals surface area contributed by atoms with E-state index < -0.39 is 0 Å². The van der Waals surface area contributed by atoms with Gasteiger partial charge in [0.05, 0.1) is 6.54 Å². The van der Waals surface area contributed by atoms with Crippen molar-refractivity contribution in [3.63, 3.8) is 0 Å². The van der Waals surface area contributed by atoms with Crippen molar-refractivity contribution in [3.8, 4) is 11.5 Å². The van der Waals surface area contributed by atoms with Crippen LogP contribution in [0, 0.1) is 0 Å². The summed E-state index contributed by atoms with van der Waals surface area (Å²) in [6.45, 7) is 3.93. The number of rotatable bonds is 6. The lowest BCUT2D eigenvalue weighted by Crippen LogP contribution is -2.37. The molecule has 0 radical (unpaired) electrons. The molecular weight excluding hydrogens is 451 g/mol. The second kappa shape index (κ2) is 9.81. The Morgan fingerprint density at radius 3 is 2.88 bits per heavy atom. The van der Waals surface area contributed by atoms with Crippen molar-refractivity contribution in [2.75, 3.05) is 20.4 Å². The summed E-state index contributed by atoms with van der Waals surface area (Å²) in [5.74, 6) is 2.42. The van der Waals surface area contributed by atoms with Crippen LogP contribution in [0.1, 0.15) is 22.4 Å². The van der Waals surface area contributed by atoms with Gasteiger partial charge in [-0.1, -0.05) is 13.0 Å². The Morgan fingerprint density at radius 2 is 2.12 bits per heavy atom. The molecule has 0 saturated carbocycles. The molecule has 1 aliphatic heterocycles. The molecule has 2 N–H and O–H groups in total. The van der Waals surface area contributed by atoms with Crippen LogP contribution in [0.5, 0.6) is 11.5 Å². The summed E-state index contributed by atoms with van der Waals surface area (Å²) in [5, 5.41) is 7.69. The third kappa shape index (κ3) is 5.46. The van der Waals surface area contributed by atoms with Gasteiger partial charge in [-0.25, -0.2) is 4.98 Å². The highest BCUT2D eigenvalue weighted by atomic mass is 127. The third-order valence-corrected chi connectivity index (χ3v) is 4.87. The number of nitrogens with zero attached hydrogens (tertiary/aromatic N) is 2. The Labute approximate surface area is 169 Å². The molecule has 0 amide bonds. The van der Waals surface area contributed by atoms with Crippen molar-refractivity contribution in [2.45, 2.75) is 26.3 Å². The van der Waals surface area contributed by atoms with Gasteiger partial charge in [0.2, 0.25) is 6.79 Å². The molecule has 0 saturated heterocycles. The number of benzene rings is 1. The monoisotopic (exact) mass is 474 g/mol. The molecule has 25 heavy (non-hydrogen) atoms. The first kappa shape index (κ1) is 19.8. The summed E-state index contributed by atoms with van der Waals surface area (Å²) < 4.78 is 10.7. The number of fused-ring (bicyclic) bond motifs is 1. The SMILES string of the molecule is CCc1cnc(CNC(=NC)NCCc2ccc3c(c2)OCO3)s1.I. The zero-order valence-electron chi connectivity index (χ0n) is 14.4. The van der Waals surface area contributed by atoms with E-state index >= 15 is 0 Å². The van der Waals surface area contributed by atoms with Crippen LogP contribution >= 0.6 is 35.3 Å². The molecule has 3 rings (SSSR count). The average molecular weight is 474 g/mol. The van der Waals surface area contributed by atoms with Gasteiger partial charge in [0.25, 0.3) is 0 Å². The van der Waals surface area contributed by atoms with Gasteiger partial charge in [0.15, 0.2) is 17.5 Å².